The summed E-state index contributed by atoms with van der Waals surface area (Å²) in [6.07, 6.45) is 1.42. The molecule has 0 spiro atoms. The van der Waals surface area contributed by atoms with Gasteiger partial charge in [-0.05, 0) is 65.9 Å². The predicted octanol–water partition coefficient (Wildman–Crippen LogP) is 5.06. The highest BCUT2D eigenvalue weighted by atomic mass is 127. The van der Waals surface area contributed by atoms with Crippen molar-refractivity contribution in [3.63, 3.8) is 0 Å². The Morgan fingerprint density at radius 3 is 2.63 bits per heavy atom. The van der Waals surface area contributed by atoms with Gasteiger partial charge in [-0.1, -0.05) is 18.2 Å². The number of aromatic nitrogens is 3. The Bertz CT molecular complexity index is 1120. The van der Waals surface area contributed by atoms with Gasteiger partial charge in [0, 0.05) is 20.3 Å². The zero-order valence-corrected chi connectivity index (χ0v) is 16.6. The van der Waals surface area contributed by atoms with Crippen molar-refractivity contribution in [3.8, 4) is 11.6 Å². The van der Waals surface area contributed by atoms with Crippen molar-refractivity contribution >= 4 is 50.7 Å². The normalized spacial score (nSPS) is 10.7. The molecular formula is C20H16IN5O. The van der Waals surface area contributed by atoms with Crippen LogP contribution in [-0.4, -0.2) is 15.0 Å². The van der Waals surface area contributed by atoms with E-state index in [1.807, 2.05) is 61.5 Å². The van der Waals surface area contributed by atoms with Crippen molar-refractivity contribution in [1.82, 2.24) is 15.0 Å². The predicted molar refractivity (Wildman–Crippen MR) is 115 cm³/mol. The Morgan fingerprint density at radius 1 is 1.00 bits per heavy atom. The van der Waals surface area contributed by atoms with Gasteiger partial charge < -0.3 is 15.8 Å². The second-order valence-corrected chi connectivity index (χ2v) is 7.20. The fourth-order valence-corrected chi connectivity index (χ4v) is 2.99. The first-order valence-electron chi connectivity index (χ1n) is 8.27. The van der Waals surface area contributed by atoms with Crippen molar-refractivity contribution in [1.29, 1.82) is 0 Å². The number of anilines is 3. The quantitative estimate of drug-likeness (QED) is 0.407. The van der Waals surface area contributed by atoms with E-state index in [0.29, 0.717) is 17.3 Å². The Balaban J connectivity index is 1.67. The number of nitrogens with one attached hydrogen (secondary N) is 1. The Labute approximate surface area is 170 Å². The monoisotopic (exact) mass is 469 g/mol. The average molecular weight is 469 g/mol. The summed E-state index contributed by atoms with van der Waals surface area (Å²) in [5.74, 6) is 1.38. The van der Waals surface area contributed by atoms with Crippen LogP contribution in [0, 0.1) is 10.5 Å². The fraction of sp³-hybridized carbons (Fsp3) is 0.0500. The van der Waals surface area contributed by atoms with E-state index in [1.54, 1.807) is 0 Å². The summed E-state index contributed by atoms with van der Waals surface area (Å²) in [4.78, 5) is 13.0. The summed E-state index contributed by atoms with van der Waals surface area (Å²) >= 11 is 2.26. The maximum Gasteiger partial charge on any atom is 0.248 e. The molecule has 0 saturated carbocycles. The maximum atomic E-state index is 6.25. The number of pyridine rings is 1. The Kier molecular flexibility index (Phi) is 4.76. The SMILES string of the molecule is Cc1ccc2cccc(Oc3ncnc(Nc4ccc(I)cc4)c3N)c2n1. The first kappa shape index (κ1) is 17.5. The van der Waals surface area contributed by atoms with Crippen molar-refractivity contribution in [2.45, 2.75) is 6.92 Å². The largest absolute Gasteiger partial charge is 0.435 e. The number of para-hydroxylation sites is 1. The van der Waals surface area contributed by atoms with Crippen LogP contribution in [-0.2, 0) is 0 Å². The van der Waals surface area contributed by atoms with Gasteiger partial charge in [0.25, 0.3) is 0 Å². The van der Waals surface area contributed by atoms with E-state index >= 15 is 0 Å². The number of fused-ring (bicyclic) bond motifs is 1. The summed E-state index contributed by atoms with van der Waals surface area (Å²) < 4.78 is 7.14. The first-order chi connectivity index (χ1) is 13.1. The van der Waals surface area contributed by atoms with Crippen LogP contribution in [0.2, 0.25) is 0 Å². The van der Waals surface area contributed by atoms with E-state index in [0.717, 1.165) is 25.9 Å². The molecule has 4 aromatic rings. The highest BCUT2D eigenvalue weighted by Crippen LogP contribution is 2.33. The number of rotatable bonds is 4. The van der Waals surface area contributed by atoms with Crippen LogP contribution in [0.3, 0.4) is 0 Å². The summed E-state index contributed by atoms with van der Waals surface area (Å²) in [7, 11) is 0. The van der Waals surface area contributed by atoms with E-state index in [4.69, 9.17) is 10.5 Å². The number of halogens is 1. The summed E-state index contributed by atoms with van der Waals surface area (Å²) in [5, 5.41) is 4.19. The maximum absolute atomic E-state index is 6.25. The zero-order valence-electron chi connectivity index (χ0n) is 14.5. The number of nitrogens with zero attached hydrogens (tertiary/aromatic N) is 3. The van der Waals surface area contributed by atoms with Crippen LogP contribution in [0.25, 0.3) is 10.9 Å². The lowest BCUT2D eigenvalue weighted by atomic mass is 10.2. The molecule has 0 bridgehead atoms. The number of nitrogen functional groups attached to an aromatic ring is 1. The molecule has 6 nitrogen and oxygen atoms in total. The van der Waals surface area contributed by atoms with Gasteiger partial charge in [0.05, 0.1) is 0 Å². The highest BCUT2D eigenvalue weighted by Gasteiger charge is 2.13. The fourth-order valence-electron chi connectivity index (χ4n) is 2.63. The molecule has 0 fully saturated rings. The highest BCUT2D eigenvalue weighted by molar-refractivity contribution is 14.1. The van der Waals surface area contributed by atoms with Gasteiger partial charge in [0.2, 0.25) is 5.88 Å². The second kappa shape index (κ2) is 7.36. The Morgan fingerprint density at radius 2 is 1.81 bits per heavy atom. The second-order valence-electron chi connectivity index (χ2n) is 5.96. The van der Waals surface area contributed by atoms with Crippen LogP contribution >= 0.6 is 22.6 Å². The molecule has 4 rings (SSSR count). The zero-order chi connectivity index (χ0) is 18.8. The minimum atomic E-state index is 0.286. The molecule has 2 aromatic heterocycles. The van der Waals surface area contributed by atoms with Crippen LogP contribution in [0.15, 0.2) is 60.9 Å². The molecular weight excluding hydrogens is 453 g/mol. The molecule has 0 aliphatic carbocycles. The molecule has 0 atom stereocenters. The van der Waals surface area contributed by atoms with Crippen LogP contribution in [0.1, 0.15) is 5.69 Å². The van der Waals surface area contributed by atoms with E-state index in [2.05, 4.69) is 42.9 Å². The van der Waals surface area contributed by atoms with Crippen molar-refractivity contribution in [2.24, 2.45) is 0 Å². The number of hydrogen-bond donors (Lipinski definition) is 2. The standard InChI is InChI=1S/C20H16IN5O/c1-12-5-6-13-3-2-4-16(18(13)25-12)27-20-17(22)19(23-11-24-20)26-15-9-7-14(21)8-10-15/h2-11H,22H2,1H3,(H,23,24,26). The number of ether oxygens (including phenoxy) is 1. The van der Waals surface area contributed by atoms with Crippen LogP contribution < -0.4 is 15.8 Å². The van der Waals surface area contributed by atoms with Gasteiger partial charge in [-0.25, -0.2) is 9.97 Å². The average Bonchev–Trinajstić information content (AvgIpc) is 2.67. The van der Waals surface area contributed by atoms with Gasteiger partial charge >= 0.3 is 0 Å². The van der Waals surface area contributed by atoms with Crippen molar-refractivity contribution in [2.75, 3.05) is 11.1 Å². The third kappa shape index (κ3) is 3.77. The number of nitrogens with two attached hydrogens (primary N) is 1. The van der Waals surface area contributed by atoms with Crippen LogP contribution in [0.4, 0.5) is 17.2 Å². The molecule has 134 valence electrons. The molecule has 27 heavy (non-hydrogen) atoms. The molecule has 3 N–H and O–H groups in total. The summed E-state index contributed by atoms with van der Waals surface area (Å²) in [5.41, 5.74) is 9.14. The third-order valence-corrected chi connectivity index (χ3v) is 4.70. The van der Waals surface area contributed by atoms with E-state index in [9.17, 15) is 0 Å². The molecule has 0 radical (unpaired) electrons. The lowest BCUT2D eigenvalue weighted by molar-refractivity contribution is 0.469. The minimum absolute atomic E-state index is 0.286. The van der Waals surface area contributed by atoms with Crippen LogP contribution in [0.5, 0.6) is 11.6 Å². The molecule has 0 aliphatic rings. The number of aryl methyl sites for hydroxylation is 1. The van der Waals surface area contributed by atoms with Crippen molar-refractivity contribution in [3.05, 3.63) is 70.2 Å². The smallest absolute Gasteiger partial charge is 0.248 e. The summed E-state index contributed by atoms with van der Waals surface area (Å²) in [6.45, 7) is 1.94. The third-order valence-electron chi connectivity index (χ3n) is 3.98. The molecule has 2 heterocycles. The molecule has 7 heteroatoms. The summed E-state index contributed by atoms with van der Waals surface area (Å²) in [6, 6.07) is 17.7. The van der Waals surface area contributed by atoms with Crippen molar-refractivity contribution < 1.29 is 4.74 Å². The molecule has 2 aromatic carbocycles. The molecule has 0 aliphatic heterocycles. The van der Waals surface area contributed by atoms with Gasteiger partial charge in [0.1, 0.15) is 17.5 Å². The van der Waals surface area contributed by atoms with E-state index in [1.165, 1.54) is 6.33 Å². The lowest BCUT2D eigenvalue weighted by Crippen LogP contribution is -2.03. The molecule has 0 saturated heterocycles. The lowest BCUT2D eigenvalue weighted by Gasteiger charge is -2.13. The number of benzene rings is 2. The van der Waals surface area contributed by atoms with Gasteiger partial charge in [-0.15, -0.1) is 0 Å². The van der Waals surface area contributed by atoms with Gasteiger partial charge in [-0.2, -0.15) is 4.98 Å². The van der Waals surface area contributed by atoms with E-state index < -0.39 is 0 Å². The number of hydrogen-bond acceptors (Lipinski definition) is 6. The first-order valence-corrected chi connectivity index (χ1v) is 9.35. The Hall–Kier alpha value is -2.94. The van der Waals surface area contributed by atoms with Gasteiger partial charge in [-0.3, -0.25) is 0 Å². The molecule has 0 unspecified atom stereocenters. The molecule has 0 amide bonds. The minimum Gasteiger partial charge on any atom is -0.435 e. The van der Waals surface area contributed by atoms with E-state index in [-0.39, 0.29) is 5.88 Å². The topological polar surface area (TPSA) is 86.0 Å². The van der Waals surface area contributed by atoms with Gasteiger partial charge in [0.15, 0.2) is 11.6 Å².